The van der Waals surface area contributed by atoms with Gasteiger partial charge in [-0.05, 0) is 31.2 Å². The van der Waals surface area contributed by atoms with E-state index in [0.29, 0.717) is 29.0 Å². The van der Waals surface area contributed by atoms with E-state index in [1.807, 2.05) is 19.1 Å². The molecule has 2 heterocycles. The van der Waals surface area contributed by atoms with Crippen LogP contribution in [0.2, 0.25) is 0 Å². The van der Waals surface area contributed by atoms with Gasteiger partial charge in [-0.25, -0.2) is 10.1 Å². The van der Waals surface area contributed by atoms with Crippen molar-refractivity contribution in [2.24, 2.45) is 5.10 Å². The van der Waals surface area contributed by atoms with Crippen LogP contribution >= 0.6 is 11.8 Å². The molecule has 0 aliphatic carbocycles. The molecule has 3 rings (SSSR count). The summed E-state index contributed by atoms with van der Waals surface area (Å²) in [4.78, 5) is 12.2. The number of rotatable bonds is 9. The van der Waals surface area contributed by atoms with Crippen molar-refractivity contribution in [3.05, 3.63) is 48.4 Å². The summed E-state index contributed by atoms with van der Waals surface area (Å²) < 4.78 is 11.8. The molecule has 10 nitrogen and oxygen atoms in total. The van der Waals surface area contributed by atoms with E-state index in [1.54, 1.807) is 30.5 Å². The molecular formula is C17H19N7O3S. The van der Waals surface area contributed by atoms with Crippen LogP contribution in [0.5, 0.6) is 5.75 Å². The second-order valence-electron chi connectivity index (χ2n) is 5.33. The number of hydrazone groups is 1. The van der Waals surface area contributed by atoms with Gasteiger partial charge in [-0.1, -0.05) is 23.9 Å². The van der Waals surface area contributed by atoms with Gasteiger partial charge in [0.15, 0.2) is 0 Å². The van der Waals surface area contributed by atoms with Gasteiger partial charge in [0.05, 0.1) is 30.5 Å². The van der Waals surface area contributed by atoms with Crippen LogP contribution in [-0.4, -0.2) is 39.4 Å². The molecule has 0 saturated heterocycles. The van der Waals surface area contributed by atoms with Crippen LogP contribution in [-0.2, 0) is 4.79 Å². The molecule has 0 aliphatic rings. The zero-order valence-electron chi connectivity index (χ0n) is 15.0. The Morgan fingerprint density at radius 3 is 3.00 bits per heavy atom. The summed E-state index contributed by atoms with van der Waals surface area (Å²) in [6.07, 6.45) is 3.02. The average molecular weight is 401 g/mol. The third-order valence-corrected chi connectivity index (χ3v) is 4.30. The second-order valence-corrected chi connectivity index (χ2v) is 6.27. The van der Waals surface area contributed by atoms with Crippen molar-refractivity contribution in [2.45, 2.75) is 12.1 Å². The van der Waals surface area contributed by atoms with E-state index in [4.69, 9.17) is 15.0 Å². The van der Waals surface area contributed by atoms with Crippen molar-refractivity contribution in [1.82, 2.24) is 14.9 Å². The molecular weight excluding hydrogens is 382 g/mol. The van der Waals surface area contributed by atoms with Crippen LogP contribution in [0.4, 0.5) is 11.6 Å². The zero-order chi connectivity index (χ0) is 19.8. The number of hydrogen-bond acceptors (Lipinski definition) is 9. The number of hydrogen-bond donors (Lipinski definition) is 3. The first-order valence-electron chi connectivity index (χ1n) is 8.35. The third-order valence-electron chi connectivity index (χ3n) is 3.36. The summed E-state index contributed by atoms with van der Waals surface area (Å²) in [5.74, 6) is 7.23. The topological polar surface area (TPSA) is 133 Å². The smallest absolute Gasteiger partial charge is 0.264 e. The number of nitrogen functional groups attached to an aromatic ring is 1. The highest BCUT2D eigenvalue weighted by Gasteiger charge is 2.13. The van der Waals surface area contributed by atoms with Crippen molar-refractivity contribution in [3.8, 4) is 5.75 Å². The number of amides is 1. The Kier molecular flexibility index (Phi) is 6.52. The summed E-state index contributed by atoms with van der Waals surface area (Å²) in [6.45, 7) is 2.39. The van der Waals surface area contributed by atoms with Crippen LogP contribution in [0.15, 0.2) is 57.3 Å². The van der Waals surface area contributed by atoms with Gasteiger partial charge in [0, 0.05) is 0 Å². The number of nitrogens with one attached hydrogen (secondary N) is 2. The lowest BCUT2D eigenvalue weighted by molar-refractivity contribution is -0.113. The Morgan fingerprint density at radius 1 is 1.36 bits per heavy atom. The number of aromatic nitrogens is 3. The number of nitrogens with two attached hydrogens (primary N) is 1. The minimum absolute atomic E-state index is 0.103. The van der Waals surface area contributed by atoms with Crippen LogP contribution in [0, 0.1) is 0 Å². The lowest BCUT2D eigenvalue weighted by Gasteiger charge is -2.10. The van der Waals surface area contributed by atoms with E-state index >= 15 is 0 Å². The highest BCUT2D eigenvalue weighted by molar-refractivity contribution is 7.99. The van der Waals surface area contributed by atoms with E-state index in [-0.39, 0.29) is 17.6 Å². The van der Waals surface area contributed by atoms with Crippen molar-refractivity contribution in [2.75, 3.05) is 28.9 Å². The van der Waals surface area contributed by atoms with Gasteiger partial charge >= 0.3 is 0 Å². The molecule has 1 amide bonds. The third kappa shape index (κ3) is 5.04. The number of carbonyl (C=O) groups excluding carboxylic acids is 1. The summed E-state index contributed by atoms with van der Waals surface area (Å²) in [6, 6.07) is 10.7. The molecule has 0 aliphatic heterocycles. The van der Waals surface area contributed by atoms with Gasteiger partial charge < -0.3 is 20.3 Å². The highest BCUT2D eigenvalue weighted by Crippen LogP contribution is 2.24. The van der Waals surface area contributed by atoms with Gasteiger partial charge in [0.1, 0.15) is 11.5 Å². The Morgan fingerprint density at radius 2 is 2.21 bits per heavy atom. The standard InChI is InChI=1S/C17H19N7O3S/c1-2-26-14-8-4-3-7-13(14)20-15(25)11-28-17-23-22-16(24(17)18)21-19-10-12-6-5-9-27-12/h3-10H,2,11,18H2,1H3,(H,20,25)(H,21,22)/b19-10+. The number of furan rings is 1. The number of nitrogens with zero attached hydrogens (tertiary/aromatic N) is 4. The SMILES string of the molecule is CCOc1ccccc1NC(=O)CSc1nnc(N/N=C/c2ccco2)n1N. The van der Waals surface area contributed by atoms with Crippen molar-refractivity contribution < 1.29 is 13.9 Å². The minimum atomic E-state index is -0.217. The number of benzene rings is 1. The summed E-state index contributed by atoms with van der Waals surface area (Å²) in [5, 5.41) is 15.0. The fourth-order valence-electron chi connectivity index (χ4n) is 2.14. The first kappa shape index (κ1) is 19.3. The lowest BCUT2D eigenvalue weighted by atomic mass is 10.3. The van der Waals surface area contributed by atoms with Crippen LogP contribution in [0.25, 0.3) is 0 Å². The van der Waals surface area contributed by atoms with E-state index in [9.17, 15) is 4.79 Å². The summed E-state index contributed by atoms with van der Waals surface area (Å²) in [7, 11) is 0. The fourth-order valence-corrected chi connectivity index (χ4v) is 2.79. The number of anilines is 2. The molecule has 0 radical (unpaired) electrons. The molecule has 0 saturated carbocycles. The number of para-hydroxylation sites is 2. The Labute approximate surface area is 165 Å². The monoisotopic (exact) mass is 401 g/mol. The molecule has 0 atom stereocenters. The molecule has 0 unspecified atom stereocenters. The fraction of sp³-hybridized carbons (Fsp3) is 0.176. The van der Waals surface area contributed by atoms with Crippen LogP contribution < -0.4 is 21.3 Å². The zero-order valence-corrected chi connectivity index (χ0v) is 15.8. The van der Waals surface area contributed by atoms with E-state index < -0.39 is 0 Å². The maximum absolute atomic E-state index is 12.2. The number of thioether (sulfide) groups is 1. The summed E-state index contributed by atoms with van der Waals surface area (Å²) in [5.41, 5.74) is 3.27. The molecule has 11 heteroatoms. The van der Waals surface area contributed by atoms with E-state index in [0.717, 1.165) is 11.8 Å². The van der Waals surface area contributed by atoms with Gasteiger partial charge in [0.25, 0.3) is 5.95 Å². The van der Waals surface area contributed by atoms with Gasteiger partial charge in [-0.2, -0.15) is 5.10 Å². The lowest BCUT2D eigenvalue weighted by Crippen LogP contribution is -2.17. The summed E-state index contributed by atoms with van der Waals surface area (Å²) >= 11 is 1.15. The highest BCUT2D eigenvalue weighted by atomic mass is 32.2. The number of ether oxygens (including phenoxy) is 1. The normalized spacial score (nSPS) is 10.9. The molecule has 4 N–H and O–H groups in total. The molecule has 2 aromatic heterocycles. The predicted octanol–water partition coefficient (Wildman–Crippen LogP) is 2.16. The largest absolute Gasteiger partial charge is 0.492 e. The first-order valence-corrected chi connectivity index (χ1v) is 9.33. The second kappa shape index (κ2) is 9.46. The molecule has 1 aromatic carbocycles. The molecule has 0 fully saturated rings. The van der Waals surface area contributed by atoms with Crippen molar-refractivity contribution in [3.63, 3.8) is 0 Å². The quantitative estimate of drug-likeness (QED) is 0.215. The van der Waals surface area contributed by atoms with Gasteiger partial charge in [-0.3, -0.25) is 4.79 Å². The van der Waals surface area contributed by atoms with E-state index in [1.165, 1.54) is 10.9 Å². The molecule has 3 aromatic rings. The van der Waals surface area contributed by atoms with Crippen LogP contribution in [0.3, 0.4) is 0 Å². The molecule has 146 valence electrons. The van der Waals surface area contributed by atoms with Crippen molar-refractivity contribution >= 4 is 35.5 Å². The maximum Gasteiger partial charge on any atom is 0.264 e. The first-order chi connectivity index (χ1) is 13.7. The Hall–Kier alpha value is -3.47. The predicted molar refractivity (Wildman–Crippen MR) is 107 cm³/mol. The van der Waals surface area contributed by atoms with Crippen LogP contribution in [0.1, 0.15) is 12.7 Å². The van der Waals surface area contributed by atoms with Gasteiger partial charge in [-0.15, -0.1) is 10.2 Å². The maximum atomic E-state index is 12.2. The Balaban J connectivity index is 1.53. The van der Waals surface area contributed by atoms with E-state index in [2.05, 4.69) is 26.0 Å². The molecule has 0 spiro atoms. The van der Waals surface area contributed by atoms with Crippen molar-refractivity contribution in [1.29, 1.82) is 0 Å². The molecule has 0 bridgehead atoms. The minimum Gasteiger partial charge on any atom is -0.492 e. The molecule has 28 heavy (non-hydrogen) atoms. The Bertz CT molecular complexity index is 940. The number of carbonyl (C=O) groups is 1. The van der Waals surface area contributed by atoms with Gasteiger partial charge in [0.2, 0.25) is 11.1 Å². The average Bonchev–Trinajstić information content (AvgIpc) is 3.33.